The quantitative estimate of drug-likeness (QED) is 0.690. The van der Waals surface area contributed by atoms with E-state index >= 15 is 0 Å². The van der Waals surface area contributed by atoms with Gasteiger partial charge < -0.3 is 4.74 Å². The van der Waals surface area contributed by atoms with Crippen LogP contribution in [0, 0.1) is 0 Å². The molecule has 0 bridgehead atoms. The average molecular weight is 206 g/mol. The molecule has 0 spiro atoms. The molecule has 0 aliphatic rings. The molecular formula is C13H18O2. The predicted molar refractivity (Wildman–Crippen MR) is 60.8 cm³/mol. The third-order valence-electron chi connectivity index (χ3n) is 2.28. The molecule has 0 heterocycles. The molecular weight excluding hydrogens is 188 g/mol. The minimum atomic E-state index is -0.223. The van der Waals surface area contributed by atoms with Crippen LogP contribution in [0.2, 0.25) is 0 Å². The van der Waals surface area contributed by atoms with Gasteiger partial charge in [-0.2, -0.15) is 0 Å². The predicted octanol–water partition coefficient (Wildman–Crippen LogP) is 3.42. The molecule has 1 aromatic carbocycles. The summed E-state index contributed by atoms with van der Waals surface area (Å²) in [6.45, 7) is 4.07. The highest BCUT2D eigenvalue weighted by Crippen LogP contribution is 2.08. The lowest BCUT2D eigenvalue weighted by Crippen LogP contribution is -2.14. The van der Waals surface area contributed by atoms with Gasteiger partial charge in [-0.1, -0.05) is 38.0 Å². The summed E-state index contributed by atoms with van der Waals surface area (Å²) in [5.74, 6) is -0.223. The summed E-state index contributed by atoms with van der Waals surface area (Å²) in [5, 5.41) is 0. The van der Waals surface area contributed by atoms with E-state index in [0.29, 0.717) is 5.56 Å². The first kappa shape index (κ1) is 11.8. The Labute approximate surface area is 91.3 Å². The summed E-state index contributed by atoms with van der Waals surface area (Å²) >= 11 is 0. The van der Waals surface area contributed by atoms with Crippen LogP contribution in [0.1, 0.15) is 43.5 Å². The van der Waals surface area contributed by atoms with Gasteiger partial charge in [-0.3, -0.25) is 0 Å². The Bertz CT molecular complexity index is 293. The van der Waals surface area contributed by atoms with Crippen LogP contribution in [0.25, 0.3) is 0 Å². The van der Waals surface area contributed by atoms with E-state index in [-0.39, 0.29) is 12.1 Å². The number of benzene rings is 1. The van der Waals surface area contributed by atoms with Crippen LogP contribution >= 0.6 is 0 Å². The lowest BCUT2D eigenvalue weighted by molar-refractivity contribution is 0.0320. The second-order valence-corrected chi connectivity index (χ2v) is 3.72. The fraction of sp³-hybridized carbons (Fsp3) is 0.462. The van der Waals surface area contributed by atoms with E-state index in [0.717, 1.165) is 19.3 Å². The summed E-state index contributed by atoms with van der Waals surface area (Å²) in [6, 6.07) is 9.11. The van der Waals surface area contributed by atoms with Crippen LogP contribution in [0.3, 0.4) is 0 Å². The smallest absolute Gasteiger partial charge is 0.338 e. The summed E-state index contributed by atoms with van der Waals surface area (Å²) in [5.41, 5.74) is 0.626. The molecule has 0 amide bonds. The van der Waals surface area contributed by atoms with Crippen LogP contribution in [0.15, 0.2) is 30.3 Å². The Balaban J connectivity index is 2.42. The second kappa shape index (κ2) is 6.23. The van der Waals surface area contributed by atoms with E-state index in [2.05, 4.69) is 6.92 Å². The van der Waals surface area contributed by atoms with Crippen molar-refractivity contribution in [1.82, 2.24) is 0 Å². The van der Waals surface area contributed by atoms with E-state index in [1.807, 2.05) is 25.1 Å². The summed E-state index contributed by atoms with van der Waals surface area (Å²) < 4.78 is 5.30. The fourth-order valence-electron chi connectivity index (χ4n) is 1.38. The van der Waals surface area contributed by atoms with Crippen LogP contribution in [-0.2, 0) is 4.74 Å². The maximum Gasteiger partial charge on any atom is 0.338 e. The number of hydrogen-bond acceptors (Lipinski definition) is 2. The maximum atomic E-state index is 11.6. The van der Waals surface area contributed by atoms with Gasteiger partial charge in [0.15, 0.2) is 0 Å². The highest BCUT2D eigenvalue weighted by molar-refractivity contribution is 5.89. The van der Waals surface area contributed by atoms with Gasteiger partial charge in [0.05, 0.1) is 11.7 Å². The van der Waals surface area contributed by atoms with E-state index < -0.39 is 0 Å². The Morgan fingerprint density at radius 1 is 1.33 bits per heavy atom. The van der Waals surface area contributed by atoms with E-state index in [4.69, 9.17) is 4.74 Å². The van der Waals surface area contributed by atoms with E-state index in [1.54, 1.807) is 12.1 Å². The van der Waals surface area contributed by atoms with Gasteiger partial charge in [-0.05, 0) is 25.5 Å². The van der Waals surface area contributed by atoms with Gasteiger partial charge in [-0.15, -0.1) is 0 Å². The SMILES string of the molecule is CCCC[C@H](C)OC(=O)c1ccccc1. The molecule has 15 heavy (non-hydrogen) atoms. The zero-order chi connectivity index (χ0) is 11.1. The number of esters is 1. The molecule has 0 aromatic heterocycles. The van der Waals surface area contributed by atoms with Crippen molar-refractivity contribution in [1.29, 1.82) is 0 Å². The molecule has 1 rings (SSSR count). The third-order valence-corrected chi connectivity index (χ3v) is 2.28. The monoisotopic (exact) mass is 206 g/mol. The molecule has 0 saturated carbocycles. The van der Waals surface area contributed by atoms with Gasteiger partial charge in [0.1, 0.15) is 0 Å². The lowest BCUT2D eigenvalue weighted by atomic mass is 10.2. The Kier molecular flexibility index (Phi) is 4.88. The number of unbranched alkanes of at least 4 members (excludes halogenated alkanes) is 1. The van der Waals surface area contributed by atoms with Gasteiger partial charge in [0.25, 0.3) is 0 Å². The highest BCUT2D eigenvalue weighted by Gasteiger charge is 2.10. The zero-order valence-corrected chi connectivity index (χ0v) is 9.40. The third kappa shape index (κ3) is 4.15. The maximum absolute atomic E-state index is 11.6. The Morgan fingerprint density at radius 3 is 2.60 bits per heavy atom. The van der Waals surface area contributed by atoms with Crippen molar-refractivity contribution >= 4 is 5.97 Å². The van der Waals surface area contributed by atoms with Gasteiger partial charge in [-0.25, -0.2) is 4.79 Å². The van der Waals surface area contributed by atoms with Crippen molar-refractivity contribution in [2.24, 2.45) is 0 Å². The van der Waals surface area contributed by atoms with Crippen molar-refractivity contribution in [3.63, 3.8) is 0 Å². The van der Waals surface area contributed by atoms with E-state index in [9.17, 15) is 4.79 Å². The Hall–Kier alpha value is -1.31. The molecule has 0 saturated heterocycles. The minimum Gasteiger partial charge on any atom is -0.459 e. The number of hydrogen-bond donors (Lipinski definition) is 0. The van der Waals surface area contributed by atoms with Crippen molar-refractivity contribution in [3.05, 3.63) is 35.9 Å². The number of carbonyl (C=O) groups is 1. The number of carbonyl (C=O) groups excluding carboxylic acids is 1. The van der Waals surface area contributed by atoms with Gasteiger partial charge >= 0.3 is 5.97 Å². The zero-order valence-electron chi connectivity index (χ0n) is 9.40. The first-order valence-electron chi connectivity index (χ1n) is 5.50. The van der Waals surface area contributed by atoms with Crippen molar-refractivity contribution < 1.29 is 9.53 Å². The molecule has 1 aromatic rings. The van der Waals surface area contributed by atoms with E-state index in [1.165, 1.54) is 0 Å². The van der Waals surface area contributed by atoms with Gasteiger partial charge in [0.2, 0.25) is 0 Å². The summed E-state index contributed by atoms with van der Waals surface area (Å²) in [6.07, 6.45) is 3.18. The molecule has 1 atom stereocenters. The van der Waals surface area contributed by atoms with Crippen LogP contribution in [0.5, 0.6) is 0 Å². The summed E-state index contributed by atoms with van der Waals surface area (Å²) in [7, 11) is 0. The standard InChI is InChI=1S/C13H18O2/c1-3-4-8-11(2)15-13(14)12-9-6-5-7-10-12/h5-7,9-11H,3-4,8H2,1-2H3/t11-/m0/s1. The van der Waals surface area contributed by atoms with Crippen molar-refractivity contribution in [3.8, 4) is 0 Å². The lowest BCUT2D eigenvalue weighted by Gasteiger charge is -2.12. The molecule has 0 N–H and O–H groups in total. The molecule has 0 radical (unpaired) electrons. The number of ether oxygens (including phenoxy) is 1. The van der Waals surface area contributed by atoms with Crippen molar-refractivity contribution in [2.45, 2.75) is 39.2 Å². The average Bonchev–Trinajstić information content (AvgIpc) is 2.27. The van der Waals surface area contributed by atoms with Gasteiger partial charge in [0, 0.05) is 0 Å². The van der Waals surface area contributed by atoms with Crippen molar-refractivity contribution in [2.75, 3.05) is 0 Å². The molecule has 0 fully saturated rings. The minimum absolute atomic E-state index is 0.0117. The van der Waals surface area contributed by atoms with Crippen LogP contribution in [0.4, 0.5) is 0 Å². The fourth-order valence-corrected chi connectivity index (χ4v) is 1.38. The van der Waals surface area contributed by atoms with Crippen LogP contribution in [-0.4, -0.2) is 12.1 Å². The first-order chi connectivity index (χ1) is 7.24. The second-order valence-electron chi connectivity index (χ2n) is 3.72. The highest BCUT2D eigenvalue weighted by atomic mass is 16.5. The normalized spacial score (nSPS) is 12.1. The molecule has 2 nitrogen and oxygen atoms in total. The molecule has 82 valence electrons. The molecule has 0 unspecified atom stereocenters. The summed E-state index contributed by atoms with van der Waals surface area (Å²) in [4.78, 5) is 11.6. The molecule has 0 aliphatic heterocycles. The molecule has 2 heteroatoms. The van der Waals surface area contributed by atoms with Crippen LogP contribution < -0.4 is 0 Å². The first-order valence-corrected chi connectivity index (χ1v) is 5.50. The molecule has 0 aliphatic carbocycles. The number of rotatable bonds is 5. The topological polar surface area (TPSA) is 26.3 Å². The Morgan fingerprint density at radius 2 is 2.00 bits per heavy atom. The largest absolute Gasteiger partial charge is 0.459 e.